The third-order valence-corrected chi connectivity index (χ3v) is 2.53. The maximum atomic E-state index is 5.82. The van der Waals surface area contributed by atoms with Gasteiger partial charge in [-0.15, -0.1) is 0 Å². The van der Waals surface area contributed by atoms with Crippen molar-refractivity contribution in [1.29, 1.82) is 0 Å². The van der Waals surface area contributed by atoms with E-state index in [-0.39, 0.29) is 5.28 Å². The summed E-state index contributed by atoms with van der Waals surface area (Å²) < 4.78 is 5.10. The van der Waals surface area contributed by atoms with Gasteiger partial charge in [0.25, 0.3) is 0 Å². The van der Waals surface area contributed by atoms with Crippen molar-refractivity contribution in [3.8, 4) is 0 Å². The van der Waals surface area contributed by atoms with Crippen LogP contribution in [0.1, 0.15) is 19.4 Å². The summed E-state index contributed by atoms with van der Waals surface area (Å²) in [5.41, 5.74) is 1.02. The van der Waals surface area contributed by atoms with Gasteiger partial charge >= 0.3 is 0 Å². The Bertz CT molecular complexity index is 344. The number of hydrogen-bond acceptors (Lipinski definition) is 4. The van der Waals surface area contributed by atoms with E-state index in [1.165, 1.54) is 0 Å². The third kappa shape index (κ3) is 3.32. The fraction of sp³-hybridized carbons (Fsp3) is 0.636. The molecule has 0 radical (unpaired) electrons. The fourth-order valence-corrected chi connectivity index (χ4v) is 1.63. The summed E-state index contributed by atoms with van der Waals surface area (Å²) in [6.07, 6.45) is 1.74. The molecule has 1 aromatic heterocycles. The maximum Gasteiger partial charge on any atom is 0.224 e. The van der Waals surface area contributed by atoms with Crippen LogP contribution in [-0.4, -0.2) is 36.3 Å². The second kappa shape index (κ2) is 6.01. The number of rotatable bonds is 5. The lowest BCUT2D eigenvalue weighted by Crippen LogP contribution is -2.35. The van der Waals surface area contributed by atoms with E-state index in [0.29, 0.717) is 12.6 Å². The van der Waals surface area contributed by atoms with Gasteiger partial charge in [0.05, 0.1) is 6.61 Å². The first-order chi connectivity index (χ1) is 7.56. The molecule has 1 rings (SSSR count). The molecule has 0 aliphatic rings. The zero-order chi connectivity index (χ0) is 12.1. The van der Waals surface area contributed by atoms with Gasteiger partial charge in [0, 0.05) is 31.5 Å². The highest BCUT2D eigenvalue weighted by molar-refractivity contribution is 6.28. The average Bonchev–Trinajstić information content (AvgIpc) is 2.23. The Kier molecular flexibility index (Phi) is 4.96. The number of anilines is 1. The molecule has 1 aromatic rings. The molecule has 0 amide bonds. The van der Waals surface area contributed by atoms with Crippen molar-refractivity contribution in [3.05, 3.63) is 17.0 Å². The molecule has 0 unspecified atom stereocenters. The summed E-state index contributed by atoms with van der Waals surface area (Å²) in [5, 5.41) is 0.281. The quantitative estimate of drug-likeness (QED) is 0.744. The van der Waals surface area contributed by atoms with Crippen LogP contribution in [0.15, 0.2) is 6.20 Å². The Balaban J connectivity index is 2.95. The molecular weight excluding hydrogens is 226 g/mol. The van der Waals surface area contributed by atoms with Crippen LogP contribution in [0.5, 0.6) is 0 Å². The SMILES string of the molecule is COCCN(c1nc(Cl)ncc1C)C(C)C. The summed E-state index contributed by atoms with van der Waals surface area (Å²) in [7, 11) is 1.69. The van der Waals surface area contributed by atoms with Crippen LogP contribution in [0, 0.1) is 6.92 Å². The van der Waals surface area contributed by atoms with Gasteiger partial charge in [-0.05, 0) is 32.4 Å². The molecular formula is C11H18ClN3O. The summed E-state index contributed by atoms with van der Waals surface area (Å²) in [6.45, 7) is 7.67. The van der Waals surface area contributed by atoms with Crippen molar-refractivity contribution in [2.24, 2.45) is 0 Å². The first kappa shape index (κ1) is 13.2. The highest BCUT2D eigenvalue weighted by atomic mass is 35.5. The number of hydrogen-bond donors (Lipinski definition) is 0. The molecule has 0 aliphatic heterocycles. The highest BCUT2D eigenvalue weighted by Crippen LogP contribution is 2.19. The van der Waals surface area contributed by atoms with Crippen molar-refractivity contribution < 1.29 is 4.74 Å². The van der Waals surface area contributed by atoms with Crippen LogP contribution in [-0.2, 0) is 4.74 Å². The average molecular weight is 244 g/mol. The molecule has 0 aromatic carbocycles. The Morgan fingerprint density at radius 1 is 1.50 bits per heavy atom. The molecule has 0 atom stereocenters. The Morgan fingerprint density at radius 2 is 2.19 bits per heavy atom. The van der Waals surface area contributed by atoms with Gasteiger partial charge in [-0.2, -0.15) is 0 Å². The minimum atomic E-state index is 0.281. The van der Waals surface area contributed by atoms with E-state index in [9.17, 15) is 0 Å². The topological polar surface area (TPSA) is 38.2 Å². The lowest BCUT2D eigenvalue weighted by atomic mass is 10.2. The van der Waals surface area contributed by atoms with Crippen LogP contribution >= 0.6 is 11.6 Å². The van der Waals surface area contributed by atoms with E-state index in [0.717, 1.165) is 17.9 Å². The molecule has 0 fully saturated rings. The molecule has 0 aliphatic carbocycles. The fourth-order valence-electron chi connectivity index (χ4n) is 1.50. The zero-order valence-electron chi connectivity index (χ0n) is 10.2. The van der Waals surface area contributed by atoms with Gasteiger partial charge in [0.2, 0.25) is 5.28 Å². The number of aromatic nitrogens is 2. The zero-order valence-corrected chi connectivity index (χ0v) is 11.0. The van der Waals surface area contributed by atoms with Crippen LogP contribution in [0.2, 0.25) is 5.28 Å². The van der Waals surface area contributed by atoms with E-state index in [2.05, 4.69) is 28.7 Å². The summed E-state index contributed by atoms with van der Waals surface area (Å²) in [5.74, 6) is 0.882. The molecule has 0 saturated heterocycles. The second-order valence-electron chi connectivity index (χ2n) is 3.93. The molecule has 0 saturated carbocycles. The summed E-state index contributed by atoms with van der Waals surface area (Å²) in [6, 6.07) is 0.347. The minimum Gasteiger partial charge on any atom is -0.383 e. The van der Waals surface area contributed by atoms with Gasteiger partial charge in [-0.25, -0.2) is 9.97 Å². The number of methoxy groups -OCH3 is 1. The largest absolute Gasteiger partial charge is 0.383 e. The van der Waals surface area contributed by atoms with Crippen molar-refractivity contribution in [1.82, 2.24) is 9.97 Å². The van der Waals surface area contributed by atoms with E-state index in [1.807, 2.05) is 6.92 Å². The van der Waals surface area contributed by atoms with Gasteiger partial charge in [-0.1, -0.05) is 0 Å². The molecule has 0 bridgehead atoms. The van der Waals surface area contributed by atoms with Crippen molar-refractivity contribution in [2.45, 2.75) is 26.8 Å². The molecule has 0 N–H and O–H groups in total. The number of halogens is 1. The molecule has 16 heavy (non-hydrogen) atoms. The lowest BCUT2D eigenvalue weighted by molar-refractivity contribution is 0.203. The van der Waals surface area contributed by atoms with Crippen molar-refractivity contribution in [2.75, 3.05) is 25.2 Å². The van der Waals surface area contributed by atoms with E-state index < -0.39 is 0 Å². The number of nitrogens with zero attached hydrogens (tertiary/aromatic N) is 3. The predicted octanol–water partition coefficient (Wildman–Crippen LogP) is 2.30. The summed E-state index contributed by atoms with van der Waals surface area (Å²) in [4.78, 5) is 10.4. The third-order valence-electron chi connectivity index (χ3n) is 2.35. The first-order valence-corrected chi connectivity index (χ1v) is 5.68. The molecule has 4 nitrogen and oxygen atoms in total. The monoisotopic (exact) mass is 243 g/mol. The first-order valence-electron chi connectivity index (χ1n) is 5.31. The van der Waals surface area contributed by atoms with E-state index in [1.54, 1.807) is 13.3 Å². The van der Waals surface area contributed by atoms with Gasteiger partial charge in [-0.3, -0.25) is 0 Å². The molecule has 90 valence electrons. The van der Waals surface area contributed by atoms with Crippen LogP contribution < -0.4 is 4.90 Å². The Morgan fingerprint density at radius 3 is 2.75 bits per heavy atom. The normalized spacial score (nSPS) is 10.9. The minimum absolute atomic E-state index is 0.281. The van der Waals surface area contributed by atoms with Crippen LogP contribution in [0.3, 0.4) is 0 Å². The van der Waals surface area contributed by atoms with Gasteiger partial charge in [0.1, 0.15) is 5.82 Å². The molecule has 0 spiro atoms. The second-order valence-corrected chi connectivity index (χ2v) is 4.26. The standard InChI is InChI=1S/C11H18ClN3O/c1-8(2)15(5-6-16-4)10-9(3)7-13-11(12)14-10/h7-8H,5-6H2,1-4H3. The lowest BCUT2D eigenvalue weighted by Gasteiger charge is -2.28. The van der Waals surface area contributed by atoms with Gasteiger partial charge in [0.15, 0.2) is 0 Å². The maximum absolute atomic E-state index is 5.82. The number of aryl methyl sites for hydroxylation is 1. The molecule has 1 heterocycles. The van der Waals surface area contributed by atoms with E-state index >= 15 is 0 Å². The number of ether oxygens (including phenoxy) is 1. The Hall–Kier alpha value is -0.870. The van der Waals surface area contributed by atoms with Crippen molar-refractivity contribution in [3.63, 3.8) is 0 Å². The van der Waals surface area contributed by atoms with Gasteiger partial charge < -0.3 is 9.64 Å². The summed E-state index contributed by atoms with van der Waals surface area (Å²) >= 11 is 5.82. The Labute approximate surface area is 102 Å². The van der Waals surface area contributed by atoms with Crippen LogP contribution in [0.25, 0.3) is 0 Å². The molecule has 5 heteroatoms. The van der Waals surface area contributed by atoms with Crippen LogP contribution in [0.4, 0.5) is 5.82 Å². The smallest absolute Gasteiger partial charge is 0.224 e. The highest BCUT2D eigenvalue weighted by Gasteiger charge is 2.14. The predicted molar refractivity (Wildman–Crippen MR) is 66.1 cm³/mol. The van der Waals surface area contributed by atoms with E-state index in [4.69, 9.17) is 16.3 Å². The van der Waals surface area contributed by atoms with Crippen molar-refractivity contribution >= 4 is 17.4 Å².